The van der Waals surface area contributed by atoms with Gasteiger partial charge >= 0.3 is 0 Å². The van der Waals surface area contributed by atoms with Gasteiger partial charge in [0, 0.05) is 22.1 Å². The Balaban J connectivity index is 1.33. The molecule has 0 aromatic heterocycles. The van der Waals surface area contributed by atoms with Gasteiger partial charge in [-0.25, -0.2) is 4.90 Å². The van der Waals surface area contributed by atoms with Gasteiger partial charge in [0.05, 0.1) is 5.69 Å². The number of carbonyl (C=O) groups is 3. The summed E-state index contributed by atoms with van der Waals surface area (Å²) < 4.78 is 0. The Morgan fingerprint density at radius 3 is 1.92 bits per heavy atom. The molecule has 0 radical (unpaired) electrons. The van der Waals surface area contributed by atoms with Gasteiger partial charge < -0.3 is 0 Å². The molecule has 0 spiro atoms. The number of hydrogen-bond acceptors (Lipinski definition) is 3. The summed E-state index contributed by atoms with van der Waals surface area (Å²) in [5.74, 6) is -0.984. The molecule has 4 heteroatoms. The van der Waals surface area contributed by atoms with E-state index in [9.17, 15) is 14.4 Å². The molecule has 0 aliphatic carbocycles. The van der Waals surface area contributed by atoms with Crippen molar-refractivity contribution < 1.29 is 14.4 Å². The van der Waals surface area contributed by atoms with Crippen molar-refractivity contribution in [1.82, 2.24) is 0 Å². The van der Waals surface area contributed by atoms with Crippen LogP contribution in [0.4, 0.5) is 5.69 Å². The molecule has 176 valence electrons. The highest BCUT2D eigenvalue weighted by molar-refractivity contribution is 6.37. The van der Waals surface area contributed by atoms with Crippen LogP contribution in [0, 0.1) is 0 Å². The van der Waals surface area contributed by atoms with E-state index in [1.807, 2.05) is 48.5 Å². The summed E-state index contributed by atoms with van der Waals surface area (Å²) in [6.45, 7) is 0. The van der Waals surface area contributed by atoms with Crippen molar-refractivity contribution >= 4 is 40.1 Å². The lowest BCUT2D eigenvalue weighted by atomic mass is 9.89. The normalized spacial score (nSPS) is 12.9. The van der Waals surface area contributed by atoms with Crippen LogP contribution in [-0.4, -0.2) is 17.6 Å². The van der Waals surface area contributed by atoms with E-state index in [1.54, 1.807) is 60.7 Å². The smallest absolute Gasteiger partial charge is 0.265 e. The fraction of sp³-hybridized carbons (Fsp3) is 0. The van der Waals surface area contributed by atoms with Crippen LogP contribution in [0.25, 0.3) is 28.0 Å². The minimum atomic E-state index is -0.395. The van der Waals surface area contributed by atoms with Crippen molar-refractivity contribution in [3.63, 3.8) is 0 Å². The second-order valence-electron chi connectivity index (χ2n) is 8.86. The van der Waals surface area contributed by atoms with Gasteiger partial charge in [-0.2, -0.15) is 0 Å². The number of benzene rings is 5. The monoisotopic (exact) mass is 479 g/mol. The number of imide groups is 1. The average molecular weight is 480 g/mol. The Bertz CT molecular complexity index is 1680. The van der Waals surface area contributed by atoms with Crippen LogP contribution in [0.1, 0.15) is 36.6 Å². The molecule has 0 bridgehead atoms. The number of ketones is 1. The van der Waals surface area contributed by atoms with Gasteiger partial charge in [0.25, 0.3) is 11.8 Å². The molecule has 37 heavy (non-hydrogen) atoms. The van der Waals surface area contributed by atoms with Crippen molar-refractivity contribution in [3.8, 4) is 11.1 Å². The molecule has 0 fully saturated rings. The molecule has 0 N–H and O–H groups in total. The molecule has 2 amide bonds. The molecule has 4 nitrogen and oxygen atoms in total. The highest BCUT2D eigenvalue weighted by atomic mass is 16.2. The summed E-state index contributed by atoms with van der Waals surface area (Å²) in [5, 5.41) is 1.12. The van der Waals surface area contributed by atoms with Crippen LogP contribution in [0.15, 0.2) is 121 Å². The molecule has 1 aliphatic rings. The Morgan fingerprint density at radius 2 is 1.22 bits per heavy atom. The fourth-order valence-corrected chi connectivity index (χ4v) is 4.80. The molecule has 0 atom stereocenters. The van der Waals surface area contributed by atoms with Crippen LogP contribution in [0.5, 0.6) is 0 Å². The first kappa shape index (κ1) is 22.4. The predicted octanol–water partition coefficient (Wildman–Crippen LogP) is 7.20. The molecule has 0 saturated heterocycles. The first-order valence-electron chi connectivity index (χ1n) is 12.0. The zero-order valence-electron chi connectivity index (χ0n) is 19.8. The van der Waals surface area contributed by atoms with E-state index in [2.05, 4.69) is 12.1 Å². The van der Waals surface area contributed by atoms with Crippen LogP contribution in [-0.2, 0) is 0 Å². The average Bonchev–Trinajstić information content (AvgIpc) is 2.96. The largest absolute Gasteiger partial charge is 0.289 e. The van der Waals surface area contributed by atoms with Gasteiger partial charge in [-0.1, -0.05) is 91.0 Å². The van der Waals surface area contributed by atoms with Crippen LogP contribution >= 0.6 is 0 Å². The second-order valence-corrected chi connectivity index (χ2v) is 8.86. The molecule has 1 aliphatic heterocycles. The van der Waals surface area contributed by atoms with Crippen molar-refractivity contribution in [2.24, 2.45) is 0 Å². The number of para-hydroxylation sites is 1. The summed E-state index contributed by atoms with van der Waals surface area (Å²) in [6.07, 6.45) is 3.31. The van der Waals surface area contributed by atoms with Crippen LogP contribution in [0.2, 0.25) is 0 Å². The van der Waals surface area contributed by atoms with Gasteiger partial charge in [-0.15, -0.1) is 0 Å². The maximum atomic E-state index is 13.3. The van der Waals surface area contributed by atoms with Gasteiger partial charge in [0.2, 0.25) is 0 Å². The highest BCUT2D eigenvalue weighted by Gasteiger charge is 2.34. The minimum Gasteiger partial charge on any atom is -0.289 e. The van der Waals surface area contributed by atoms with E-state index < -0.39 is 11.8 Å². The standard InChI is InChI=1S/C33H21NO3/c35-30(21-16-22-14-17-24(18-15-22)23-8-3-1-4-9-23)26-19-20-29-31-27(26)12-7-13-28(31)32(36)34(33(29)37)25-10-5-2-6-11-25/h1-21H/b21-16-. The maximum Gasteiger partial charge on any atom is 0.265 e. The lowest BCUT2D eigenvalue weighted by Crippen LogP contribution is -2.40. The van der Waals surface area contributed by atoms with E-state index in [0.717, 1.165) is 16.7 Å². The number of amides is 2. The summed E-state index contributed by atoms with van der Waals surface area (Å²) in [5.41, 5.74) is 4.92. The summed E-state index contributed by atoms with van der Waals surface area (Å²) >= 11 is 0. The Morgan fingerprint density at radius 1 is 0.595 bits per heavy atom. The minimum absolute atomic E-state index is 0.193. The first-order valence-corrected chi connectivity index (χ1v) is 12.0. The highest BCUT2D eigenvalue weighted by Crippen LogP contribution is 2.34. The molecular weight excluding hydrogens is 458 g/mol. The third kappa shape index (κ3) is 3.95. The molecule has 0 saturated carbocycles. The van der Waals surface area contributed by atoms with Gasteiger partial charge in [-0.3, -0.25) is 14.4 Å². The molecule has 5 aromatic carbocycles. The summed E-state index contributed by atoms with van der Waals surface area (Å²) in [6, 6.07) is 35.5. The number of nitrogens with zero attached hydrogens (tertiary/aromatic N) is 1. The molecule has 6 rings (SSSR count). The number of anilines is 1. The Hall–Kier alpha value is -5.09. The van der Waals surface area contributed by atoms with Crippen LogP contribution < -0.4 is 4.90 Å². The third-order valence-electron chi connectivity index (χ3n) is 6.63. The van der Waals surface area contributed by atoms with Crippen molar-refractivity contribution in [1.29, 1.82) is 0 Å². The predicted molar refractivity (Wildman–Crippen MR) is 147 cm³/mol. The SMILES string of the molecule is O=C(/C=C\c1ccc(-c2ccccc2)cc1)c1ccc2c3c(cccc13)C(=O)N(c1ccccc1)C2=O. The van der Waals surface area contributed by atoms with Gasteiger partial charge in [-0.05, 0) is 58.5 Å². The quantitative estimate of drug-likeness (QED) is 0.152. The Kier molecular flexibility index (Phi) is 5.55. The van der Waals surface area contributed by atoms with Crippen LogP contribution in [0.3, 0.4) is 0 Å². The molecule has 5 aromatic rings. The number of carbonyl (C=O) groups excluding carboxylic acids is 3. The zero-order valence-corrected chi connectivity index (χ0v) is 19.8. The number of hydrogen-bond donors (Lipinski definition) is 0. The lowest BCUT2D eigenvalue weighted by Gasteiger charge is -2.27. The molecule has 1 heterocycles. The topological polar surface area (TPSA) is 54.5 Å². The number of rotatable bonds is 5. The fourth-order valence-electron chi connectivity index (χ4n) is 4.80. The van der Waals surface area contributed by atoms with Gasteiger partial charge in [0.15, 0.2) is 5.78 Å². The lowest BCUT2D eigenvalue weighted by molar-refractivity contribution is 0.0892. The van der Waals surface area contributed by atoms with Crippen molar-refractivity contribution in [2.45, 2.75) is 0 Å². The van der Waals surface area contributed by atoms with E-state index in [4.69, 9.17) is 0 Å². The summed E-state index contributed by atoms with van der Waals surface area (Å²) in [4.78, 5) is 41.1. The molecule has 0 unspecified atom stereocenters. The van der Waals surface area contributed by atoms with Crippen molar-refractivity contribution in [2.75, 3.05) is 4.90 Å². The maximum absolute atomic E-state index is 13.3. The van der Waals surface area contributed by atoms with Crippen molar-refractivity contribution in [3.05, 3.63) is 144 Å². The number of allylic oxidation sites excluding steroid dienone is 1. The molecular formula is C33H21NO3. The first-order chi connectivity index (χ1) is 18.1. The zero-order chi connectivity index (χ0) is 25.4. The second kappa shape index (κ2) is 9.17. The van der Waals surface area contributed by atoms with E-state index in [-0.39, 0.29) is 5.78 Å². The van der Waals surface area contributed by atoms with Gasteiger partial charge in [0.1, 0.15) is 0 Å². The van der Waals surface area contributed by atoms with E-state index in [1.165, 1.54) is 11.0 Å². The summed E-state index contributed by atoms with van der Waals surface area (Å²) in [7, 11) is 0. The Labute approximate surface area is 214 Å². The van der Waals surface area contributed by atoms with E-state index >= 15 is 0 Å². The third-order valence-corrected chi connectivity index (χ3v) is 6.63. The van der Waals surface area contributed by atoms with E-state index in [0.29, 0.717) is 33.2 Å².